The van der Waals surface area contributed by atoms with E-state index < -0.39 is 0 Å². The van der Waals surface area contributed by atoms with E-state index in [0.29, 0.717) is 23.4 Å². The maximum atomic E-state index is 11.7. The van der Waals surface area contributed by atoms with E-state index in [0.717, 1.165) is 17.3 Å². The predicted molar refractivity (Wildman–Crippen MR) is 111 cm³/mol. The summed E-state index contributed by atoms with van der Waals surface area (Å²) >= 11 is 0. The smallest absolute Gasteiger partial charge is 0.269 e. The number of rotatable bonds is 8. The first-order valence-electron chi connectivity index (χ1n) is 9.54. The second-order valence-corrected chi connectivity index (χ2v) is 6.79. The summed E-state index contributed by atoms with van der Waals surface area (Å²) in [6.07, 6.45) is 4.19. The van der Waals surface area contributed by atoms with Crippen LogP contribution in [0, 0.1) is 5.92 Å². The Labute approximate surface area is 169 Å². The number of aliphatic hydroxyl groups excluding tert-OH is 1. The number of aromatic nitrogens is 3. The van der Waals surface area contributed by atoms with Crippen molar-refractivity contribution < 1.29 is 14.6 Å². The number of carbonyl (C=O) groups is 1. The van der Waals surface area contributed by atoms with E-state index in [9.17, 15) is 9.90 Å². The number of hydrogen-bond donors (Lipinski definition) is 3. The van der Waals surface area contributed by atoms with Gasteiger partial charge in [-0.2, -0.15) is 0 Å². The lowest BCUT2D eigenvalue weighted by Gasteiger charge is -2.22. The second kappa shape index (κ2) is 9.29. The summed E-state index contributed by atoms with van der Waals surface area (Å²) in [4.78, 5) is 24.6. The van der Waals surface area contributed by atoms with Crippen LogP contribution in [0.2, 0.25) is 0 Å². The molecule has 0 saturated carbocycles. The van der Waals surface area contributed by atoms with Crippen LogP contribution in [0.25, 0.3) is 10.9 Å². The molecule has 0 saturated heterocycles. The number of nitrogens with one attached hydrogen (secondary N) is 2. The number of pyridine rings is 1. The minimum Gasteiger partial charge on any atom is -0.457 e. The van der Waals surface area contributed by atoms with Gasteiger partial charge in [0, 0.05) is 30.9 Å². The third kappa shape index (κ3) is 4.97. The average Bonchev–Trinajstić information content (AvgIpc) is 2.76. The van der Waals surface area contributed by atoms with Crippen LogP contribution < -0.4 is 15.4 Å². The van der Waals surface area contributed by atoms with Crippen molar-refractivity contribution in [3.8, 4) is 11.5 Å². The normalized spacial score (nSPS) is 13.0. The number of benzene rings is 1. The molecule has 2 atom stereocenters. The number of ether oxygens (including phenoxy) is 1. The van der Waals surface area contributed by atoms with Gasteiger partial charge < -0.3 is 20.5 Å². The maximum absolute atomic E-state index is 11.7. The highest BCUT2D eigenvalue weighted by Crippen LogP contribution is 2.25. The zero-order valence-electron chi connectivity index (χ0n) is 16.7. The fraction of sp³-hybridized carbons (Fsp3) is 0.333. The van der Waals surface area contributed by atoms with Crippen molar-refractivity contribution >= 4 is 22.8 Å². The second-order valence-electron chi connectivity index (χ2n) is 6.79. The van der Waals surface area contributed by atoms with Gasteiger partial charge in [0.05, 0.1) is 18.2 Å². The molecule has 1 aromatic carbocycles. The Hall–Kier alpha value is -3.26. The van der Waals surface area contributed by atoms with Crippen LogP contribution in [0.4, 0.5) is 5.95 Å². The van der Waals surface area contributed by atoms with E-state index in [1.807, 2.05) is 12.1 Å². The minimum atomic E-state index is -0.277. The number of fused-ring (bicyclic) bond motifs is 1. The van der Waals surface area contributed by atoms with Gasteiger partial charge in [-0.3, -0.25) is 9.78 Å². The van der Waals surface area contributed by atoms with E-state index in [4.69, 9.17) is 4.74 Å². The van der Waals surface area contributed by atoms with Crippen LogP contribution in [-0.2, 0) is 0 Å². The number of aliphatic hydroxyl groups is 1. The van der Waals surface area contributed by atoms with Gasteiger partial charge >= 0.3 is 0 Å². The van der Waals surface area contributed by atoms with Gasteiger partial charge in [0.1, 0.15) is 17.2 Å². The molecule has 2 aromatic heterocycles. The zero-order chi connectivity index (χ0) is 20.8. The highest BCUT2D eigenvalue weighted by molar-refractivity contribution is 5.92. The van der Waals surface area contributed by atoms with Gasteiger partial charge in [-0.15, -0.1) is 0 Å². The highest BCUT2D eigenvalue weighted by atomic mass is 16.5. The SMILES string of the molecule is CC[C@H](C)[C@@H](CO)Nc1ncc2cc(Oc3ccnc(C(=O)NC)c3)ccc2n1. The van der Waals surface area contributed by atoms with Crippen molar-refractivity contribution in [2.75, 3.05) is 19.0 Å². The topological polar surface area (TPSA) is 109 Å². The largest absolute Gasteiger partial charge is 0.457 e. The molecule has 0 aliphatic rings. The molecular formula is C21H25N5O3. The minimum absolute atomic E-state index is 0.0210. The van der Waals surface area contributed by atoms with Crippen LogP contribution in [-0.4, -0.2) is 45.7 Å². The van der Waals surface area contributed by atoms with Crippen molar-refractivity contribution in [2.45, 2.75) is 26.3 Å². The van der Waals surface area contributed by atoms with Gasteiger partial charge in [-0.25, -0.2) is 9.97 Å². The molecule has 3 aromatic rings. The fourth-order valence-electron chi connectivity index (χ4n) is 2.83. The Morgan fingerprint density at radius 3 is 2.72 bits per heavy atom. The molecule has 1 amide bonds. The predicted octanol–water partition coefficient (Wildman–Crippen LogP) is 3.00. The first-order chi connectivity index (χ1) is 14.0. The van der Waals surface area contributed by atoms with Gasteiger partial charge in [0.15, 0.2) is 0 Å². The Balaban J connectivity index is 1.78. The quantitative estimate of drug-likeness (QED) is 0.538. The number of nitrogens with zero attached hydrogens (tertiary/aromatic N) is 3. The highest BCUT2D eigenvalue weighted by Gasteiger charge is 2.16. The van der Waals surface area contributed by atoms with Crippen molar-refractivity contribution in [1.82, 2.24) is 20.3 Å². The lowest BCUT2D eigenvalue weighted by atomic mass is 10.0. The Morgan fingerprint density at radius 1 is 1.21 bits per heavy atom. The molecule has 2 heterocycles. The summed E-state index contributed by atoms with van der Waals surface area (Å²) in [5.74, 6) is 1.62. The molecule has 8 nitrogen and oxygen atoms in total. The standard InChI is InChI=1S/C21H25N5O3/c1-4-13(2)19(12-27)26-21-24-11-14-9-15(5-6-17(14)25-21)29-16-7-8-23-18(10-16)20(28)22-3/h5-11,13,19,27H,4,12H2,1-3H3,(H,22,28)(H,24,25,26)/t13-,19+/m0/s1. The number of anilines is 1. The Morgan fingerprint density at radius 2 is 2.00 bits per heavy atom. The summed E-state index contributed by atoms with van der Waals surface area (Å²) < 4.78 is 5.86. The van der Waals surface area contributed by atoms with E-state index in [1.165, 1.54) is 6.20 Å². The molecule has 3 rings (SSSR count). The molecule has 29 heavy (non-hydrogen) atoms. The van der Waals surface area contributed by atoms with Gasteiger partial charge in [-0.05, 0) is 30.2 Å². The monoisotopic (exact) mass is 395 g/mol. The molecule has 0 spiro atoms. The van der Waals surface area contributed by atoms with Crippen LogP contribution in [0.1, 0.15) is 30.8 Å². The molecule has 0 aliphatic heterocycles. The van der Waals surface area contributed by atoms with Gasteiger partial charge in [-0.1, -0.05) is 20.3 Å². The van der Waals surface area contributed by atoms with Crippen LogP contribution in [0.15, 0.2) is 42.7 Å². The van der Waals surface area contributed by atoms with E-state index in [1.54, 1.807) is 31.4 Å². The Bertz CT molecular complexity index is 995. The van der Waals surface area contributed by atoms with Gasteiger partial charge in [0.25, 0.3) is 5.91 Å². The third-order valence-electron chi connectivity index (χ3n) is 4.82. The molecule has 152 valence electrons. The lowest BCUT2D eigenvalue weighted by molar-refractivity contribution is 0.0958. The van der Waals surface area contributed by atoms with Crippen molar-refractivity contribution in [3.05, 3.63) is 48.4 Å². The van der Waals surface area contributed by atoms with Crippen molar-refractivity contribution in [2.24, 2.45) is 5.92 Å². The summed E-state index contributed by atoms with van der Waals surface area (Å²) in [5.41, 5.74) is 1.04. The van der Waals surface area contributed by atoms with Crippen molar-refractivity contribution in [3.63, 3.8) is 0 Å². The van der Waals surface area contributed by atoms with Gasteiger partial charge in [0.2, 0.25) is 5.95 Å². The fourth-order valence-corrected chi connectivity index (χ4v) is 2.83. The third-order valence-corrected chi connectivity index (χ3v) is 4.82. The first-order valence-corrected chi connectivity index (χ1v) is 9.54. The number of hydrogen-bond acceptors (Lipinski definition) is 7. The first kappa shape index (κ1) is 20.5. The lowest BCUT2D eigenvalue weighted by Crippen LogP contribution is -2.31. The molecule has 0 radical (unpaired) electrons. The average molecular weight is 395 g/mol. The van der Waals surface area contributed by atoms with E-state index in [-0.39, 0.29) is 24.2 Å². The summed E-state index contributed by atoms with van der Waals surface area (Å²) in [6, 6.07) is 8.64. The van der Waals surface area contributed by atoms with Crippen LogP contribution in [0.5, 0.6) is 11.5 Å². The molecule has 8 heteroatoms. The maximum Gasteiger partial charge on any atom is 0.269 e. The summed E-state index contributed by atoms with van der Waals surface area (Å²) in [5, 5.41) is 16.1. The number of carbonyl (C=O) groups excluding carboxylic acids is 1. The molecule has 0 unspecified atom stereocenters. The molecular weight excluding hydrogens is 370 g/mol. The number of amides is 1. The van der Waals surface area contributed by atoms with E-state index >= 15 is 0 Å². The molecule has 0 fully saturated rings. The van der Waals surface area contributed by atoms with Crippen LogP contribution >= 0.6 is 0 Å². The Kier molecular flexibility index (Phi) is 6.56. The summed E-state index contributed by atoms with van der Waals surface area (Å²) in [7, 11) is 1.55. The zero-order valence-corrected chi connectivity index (χ0v) is 16.7. The van der Waals surface area contributed by atoms with Crippen molar-refractivity contribution in [1.29, 1.82) is 0 Å². The van der Waals surface area contributed by atoms with E-state index in [2.05, 4.69) is 39.4 Å². The molecule has 0 bridgehead atoms. The summed E-state index contributed by atoms with van der Waals surface area (Å²) in [6.45, 7) is 4.18. The molecule has 3 N–H and O–H groups in total. The van der Waals surface area contributed by atoms with Crippen LogP contribution in [0.3, 0.4) is 0 Å². The molecule has 0 aliphatic carbocycles.